The molecule has 2 heterocycles. The minimum Gasteiger partial charge on any atom is -0.459 e. The van der Waals surface area contributed by atoms with E-state index in [2.05, 4.69) is 31.1 Å². The standard InChI is InChI=1S/C20H25ClO6Si/c1-19(2)26-16-18(27-19)25-15(20(16,23)10-11-28(3,4)5)12-24-17(22)13-6-8-14(21)9-7-13/h6-9,15-16,18,23H,12H2,1-5H3/t15-,16+,18-,20+/m1/s1. The summed E-state index contributed by atoms with van der Waals surface area (Å²) < 4.78 is 22.8. The SMILES string of the molecule is CC1(C)O[C@H]2O[C@H](COC(=O)c3ccc(Cl)cc3)[C@@](O)(C#C[Si](C)(C)C)[C@H]2O1. The third-order valence-corrected chi connectivity index (χ3v) is 5.49. The summed E-state index contributed by atoms with van der Waals surface area (Å²) in [6.07, 6.45) is -2.46. The summed E-state index contributed by atoms with van der Waals surface area (Å²) in [4.78, 5) is 12.3. The molecule has 3 rings (SSSR count). The minimum atomic E-state index is -1.78. The van der Waals surface area contributed by atoms with Crippen LogP contribution in [-0.4, -0.2) is 55.6 Å². The fourth-order valence-corrected chi connectivity index (χ4v) is 3.70. The van der Waals surface area contributed by atoms with E-state index in [0.29, 0.717) is 10.6 Å². The number of rotatable bonds is 3. The van der Waals surface area contributed by atoms with Crippen molar-refractivity contribution in [2.75, 3.05) is 6.61 Å². The van der Waals surface area contributed by atoms with E-state index in [1.54, 1.807) is 38.1 Å². The number of carbonyl (C=O) groups excluding carboxylic acids is 1. The Morgan fingerprint density at radius 1 is 1.25 bits per heavy atom. The van der Waals surface area contributed by atoms with Crippen LogP contribution in [-0.2, 0) is 18.9 Å². The van der Waals surface area contributed by atoms with Gasteiger partial charge >= 0.3 is 5.97 Å². The van der Waals surface area contributed by atoms with Crippen molar-refractivity contribution >= 4 is 25.6 Å². The molecule has 0 aromatic heterocycles. The van der Waals surface area contributed by atoms with Gasteiger partial charge in [-0.25, -0.2) is 4.79 Å². The number of ether oxygens (including phenoxy) is 4. The molecule has 1 aromatic carbocycles. The van der Waals surface area contributed by atoms with Crippen LogP contribution in [0.15, 0.2) is 24.3 Å². The van der Waals surface area contributed by atoms with Gasteiger partial charge in [0.25, 0.3) is 0 Å². The molecule has 0 aliphatic carbocycles. The Labute approximate surface area is 171 Å². The molecule has 1 aromatic rings. The fraction of sp³-hybridized carbons (Fsp3) is 0.550. The molecule has 0 radical (unpaired) electrons. The maximum Gasteiger partial charge on any atom is 0.338 e. The van der Waals surface area contributed by atoms with Crippen molar-refractivity contribution < 1.29 is 28.8 Å². The van der Waals surface area contributed by atoms with Gasteiger partial charge in [0.05, 0.1) is 5.56 Å². The predicted molar refractivity (Wildman–Crippen MR) is 107 cm³/mol. The van der Waals surface area contributed by atoms with Crippen LogP contribution in [0.25, 0.3) is 0 Å². The van der Waals surface area contributed by atoms with Crippen LogP contribution in [0.1, 0.15) is 24.2 Å². The number of halogens is 1. The lowest BCUT2D eigenvalue weighted by Gasteiger charge is -2.29. The number of hydrogen-bond donors (Lipinski definition) is 1. The molecule has 28 heavy (non-hydrogen) atoms. The highest BCUT2D eigenvalue weighted by Gasteiger charge is 2.63. The summed E-state index contributed by atoms with van der Waals surface area (Å²) >= 11 is 5.84. The summed E-state index contributed by atoms with van der Waals surface area (Å²) in [5.41, 5.74) is 1.88. The normalized spacial score (nSPS) is 31.0. The largest absolute Gasteiger partial charge is 0.459 e. The number of benzene rings is 1. The molecule has 2 saturated heterocycles. The predicted octanol–water partition coefficient (Wildman–Crippen LogP) is 2.99. The van der Waals surface area contributed by atoms with E-state index in [9.17, 15) is 9.90 Å². The van der Waals surface area contributed by atoms with Crippen molar-refractivity contribution in [2.45, 2.75) is 63.4 Å². The topological polar surface area (TPSA) is 74.2 Å². The van der Waals surface area contributed by atoms with Crippen molar-refractivity contribution in [1.29, 1.82) is 0 Å². The quantitative estimate of drug-likeness (QED) is 0.456. The molecule has 1 N–H and O–H groups in total. The Kier molecular flexibility index (Phi) is 5.67. The molecule has 4 atom stereocenters. The van der Waals surface area contributed by atoms with E-state index >= 15 is 0 Å². The lowest BCUT2D eigenvalue weighted by molar-refractivity contribution is -0.225. The zero-order valence-corrected chi connectivity index (χ0v) is 18.4. The van der Waals surface area contributed by atoms with E-state index in [1.807, 2.05) is 0 Å². The van der Waals surface area contributed by atoms with E-state index in [1.165, 1.54) is 0 Å². The maximum atomic E-state index is 12.3. The van der Waals surface area contributed by atoms with E-state index in [4.69, 9.17) is 30.5 Å². The second kappa shape index (κ2) is 7.45. The van der Waals surface area contributed by atoms with Gasteiger partial charge in [0.1, 0.15) is 20.8 Å². The van der Waals surface area contributed by atoms with Crippen molar-refractivity contribution in [3.05, 3.63) is 34.9 Å². The molecule has 8 heteroatoms. The summed E-state index contributed by atoms with van der Waals surface area (Å²) in [5.74, 6) is 1.52. The molecule has 2 aliphatic rings. The van der Waals surface area contributed by atoms with Crippen molar-refractivity contribution in [3.63, 3.8) is 0 Å². The summed E-state index contributed by atoms with van der Waals surface area (Å²) in [7, 11) is -1.78. The van der Waals surface area contributed by atoms with Crippen LogP contribution < -0.4 is 0 Å². The highest BCUT2D eigenvalue weighted by atomic mass is 35.5. The first-order valence-corrected chi connectivity index (χ1v) is 13.0. The molecule has 0 spiro atoms. The van der Waals surface area contributed by atoms with Crippen molar-refractivity contribution in [1.82, 2.24) is 0 Å². The van der Waals surface area contributed by atoms with Gasteiger partial charge < -0.3 is 24.1 Å². The van der Waals surface area contributed by atoms with Gasteiger partial charge in [0.15, 0.2) is 23.8 Å². The van der Waals surface area contributed by atoms with Gasteiger partial charge in [0, 0.05) is 5.02 Å². The molecule has 152 valence electrons. The van der Waals surface area contributed by atoms with Crippen molar-refractivity contribution in [3.8, 4) is 11.5 Å². The third-order valence-electron chi connectivity index (χ3n) is 4.36. The third kappa shape index (κ3) is 4.59. The van der Waals surface area contributed by atoms with Crippen LogP contribution in [0, 0.1) is 11.5 Å². The van der Waals surface area contributed by atoms with Gasteiger partial charge in [0.2, 0.25) is 0 Å². The highest BCUT2D eigenvalue weighted by Crippen LogP contribution is 2.43. The van der Waals surface area contributed by atoms with Crippen LogP contribution in [0.4, 0.5) is 0 Å². The van der Waals surface area contributed by atoms with E-state index in [-0.39, 0.29) is 6.61 Å². The molecule has 6 nitrogen and oxygen atoms in total. The Bertz CT molecular complexity index is 807. The number of fused-ring (bicyclic) bond motifs is 1. The Hall–Kier alpha value is -1.40. The second-order valence-corrected chi connectivity index (χ2v) is 13.7. The van der Waals surface area contributed by atoms with Crippen LogP contribution in [0.2, 0.25) is 24.7 Å². The smallest absolute Gasteiger partial charge is 0.338 e. The summed E-state index contributed by atoms with van der Waals surface area (Å²) in [5, 5.41) is 11.9. The highest BCUT2D eigenvalue weighted by molar-refractivity contribution is 6.83. The monoisotopic (exact) mass is 424 g/mol. The minimum absolute atomic E-state index is 0.182. The van der Waals surface area contributed by atoms with Gasteiger partial charge in [-0.05, 0) is 38.1 Å². The first-order valence-electron chi connectivity index (χ1n) is 9.10. The summed E-state index contributed by atoms with van der Waals surface area (Å²) in [6, 6.07) is 6.35. The van der Waals surface area contributed by atoms with Gasteiger partial charge in [-0.15, -0.1) is 5.54 Å². The van der Waals surface area contributed by atoms with Gasteiger partial charge in [-0.2, -0.15) is 0 Å². The molecule has 2 aliphatic heterocycles. The lowest BCUT2D eigenvalue weighted by atomic mass is 9.94. The van der Waals surface area contributed by atoms with Crippen LogP contribution >= 0.6 is 11.6 Å². The second-order valence-electron chi connectivity index (χ2n) is 8.48. The average molecular weight is 425 g/mol. The average Bonchev–Trinajstić information content (AvgIpc) is 3.02. The molecule has 0 bridgehead atoms. The van der Waals surface area contributed by atoms with E-state index in [0.717, 1.165) is 0 Å². The molecule has 0 amide bonds. The van der Waals surface area contributed by atoms with Crippen molar-refractivity contribution in [2.24, 2.45) is 0 Å². The first kappa shape index (κ1) is 21.3. The Morgan fingerprint density at radius 3 is 2.50 bits per heavy atom. The van der Waals surface area contributed by atoms with Gasteiger partial charge in [-0.1, -0.05) is 37.2 Å². The lowest BCUT2D eigenvalue weighted by Crippen LogP contribution is -2.50. The molecular weight excluding hydrogens is 400 g/mol. The van der Waals surface area contributed by atoms with Crippen LogP contribution in [0.3, 0.4) is 0 Å². The summed E-state index contributed by atoms with van der Waals surface area (Å²) in [6.45, 7) is 9.53. The maximum absolute atomic E-state index is 12.3. The van der Waals surface area contributed by atoms with Gasteiger partial charge in [-0.3, -0.25) is 0 Å². The molecule has 0 saturated carbocycles. The zero-order chi connectivity index (χ0) is 20.7. The number of aliphatic hydroxyl groups is 1. The zero-order valence-electron chi connectivity index (χ0n) is 16.6. The van der Waals surface area contributed by atoms with Crippen LogP contribution in [0.5, 0.6) is 0 Å². The molecular formula is C20H25ClO6Si. The number of hydrogen-bond acceptors (Lipinski definition) is 6. The number of esters is 1. The first-order chi connectivity index (χ1) is 12.9. The molecule has 2 fully saturated rings. The Morgan fingerprint density at radius 2 is 1.89 bits per heavy atom. The molecule has 0 unspecified atom stereocenters. The Balaban J connectivity index is 1.78. The fourth-order valence-electron chi connectivity index (χ4n) is 3.00. The number of carbonyl (C=O) groups is 1. The van der Waals surface area contributed by atoms with E-state index < -0.39 is 43.9 Å².